The predicted molar refractivity (Wildman–Crippen MR) is 159 cm³/mol. The van der Waals surface area contributed by atoms with Crippen molar-refractivity contribution in [2.75, 3.05) is 0 Å². The van der Waals surface area contributed by atoms with Crippen molar-refractivity contribution in [1.82, 2.24) is 0 Å². The summed E-state index contributed by atoms with van der Waals surface area (Å²) < 4.78 is 21.8. The summed E-state index contributed by atoms with van der Waals surface area (Å²) >= 11 is 0. The van der Waals surface area contributed by atoms with E-state index in [0.29, 0.717) is 0 Å². The van der Waals surface area contributed by atoms with Gasteiger partial charge in [-0.3, -0.25) is 0 Å². The fraction of sp³-hybridized carbons (Fsp3) is 1.00. The molecule has 2 atom stereocenters. The largest absolute Gasteiger partial charge is 0.368 e. The smallest absolute Gasteiger partial charge is 0.100 e. The third-order valence-corrected chi connectivity index (χ3v) is 15.2. The SMILES string of the molecule is CC1(C)OC(C)(C(C)(C)OC(C)(C)C2(C)C(C)(C)OC(C)(C)C(C)(C)C2(C)C)C(C)(C)C(C)(C)C1(C)C. The molecule has 0 aromatic rings. The maximum absolute atomic E-state index is 7.53. The molecule has 3 nitrogen and oxygen atoms in total. The standard InChI is InChI=1S/C34H66O3/c1-23(2)24(3,4)29(13,14)37-34(22,27(23,9)10)32(19,20)36-31(17,18)33(21)26(7,8)25(5,6)28(11,12)35-30(33,15)16/h1-22H3. The Bertz CT molecular complexity index is 909. The topological polar surface area (TPSA) is 27.7 Å². The van der Waals surface area contributed by atoms with Crippen LogP contribution in [-0.4, -0.2) is 33.6 Å². The van der Waals surface area contributed by atoms with Gasteiger partial charge in [-0.25, -0.2) is 0 Å². The molecule has 0 radical (unpaired) electrons. The molecule has 2 heterocycles. The second-order valence-corrected chi connectivity index (χ2v) is 18.1. The Labute approximate surface area is 232 Å². The Morgan fingerprint density at radius 2 is 0.730 bits per heavy atom. The van der Waals surface area contributed by atoms with Crippen LogP contribution in [0.5, 0.6) is 0 Å². The highest BCUT2D eigenvalue weighted by Gasteiger charge is 2.75. The molecule has 0 aromatic carbocycles. The van der Waals surface area contributed by atoms with Gasteiger partial charge < -0.3 is 14.2 Å². The van der Waals surface area contributed by atoms with Crippen molar-refractivity contribution in [2.24, 2.45) is 32.5 Å². The van der Waals surface area contributed by atoms with Crippen LogP contribution in [0.1, 0.15) is 152 Å². The highest BCUT2D eigenvalue weighted by atomic mass is 16.6. The molecule has 0 N–H and O–H groups in total. The summed E-state index contributed by atoms with van der Waals surface area (Å²) in [6.07, 6.45) is 0. The van der Waals surface area contributed by atoms with Crippen LogP contribution >= 0.6 is 0 Å². The lowest BCUT2D eigenvalue weighted by Gasteiger charge is -2.75. The van der Waals surface area contributed by atoms with Crippen molar-refractivity contribution in [1.29, 1.82) is 0 Å². The monoisotopic (exact) mass is 523 g/mol. The van der Waals surface area contributed by atoms with Crippen LogP contribution in [0, 0.1) is 32.5 Å². The Hall–Kier alpha value is -0.120. The molecule has 0 amide bonds. The summed E-state index contributed by atoms with van der Waals surface area (Å²) in [6.45, 7) is 51.2. The van der Waals surface area contributed by atoms with Gasteiger partial charge in [-0.2, -0.15) is 0 Å². The van der Waals surface area contributed by atoms with Crippen LogP contribution in [0.25, 0.3) is 0 Å². The first-order valence-electron chi connectivity index (χ1n) is 14.7. The Morgan fingerprint density at radius 1 is 0.378 bits per heavy atom. The minimum absolute atomic E-state index is 0.0241. The minimum Gasteiger partial charge on any atom is -0.368 e. The van der Waals surface area contributed by atoms with Crippen LogP contribution in [0.15, 0.2) is 0 Å². The highest BCUT2D eigenvalue weighted by molar-refractivity contribution is 5.23. The summed E-state index contributed by atoms with van der Waals surface area (Å²) in [5, 5.41) is 0. The van der Waals surface area contributed by atoms with Gasteiger partial charge >= 0.3 is 0 Å². The van der Waals surface area contributed by atoms with Crippen molar-refractivity contribution in [3.8, 4) is 0 Å². The summed E-state index contributed by atoms with van der Waals surface area (Å²) in [7, 11) is 0. The van der Waals surface area contributed by atoms with Gasteiger partial charge in [-0.15, -0.1) is 0 Å². The van der Waals surface area contributed by atoms with Crippen molar-refractivity contribution < 1.29 is 14.2 Å². The lowest BCUT2D eigenvalue weighted by Crippen LogP contribution is -2.79. The molecule has 220 valence electrons. The summed E-state index contributed by atoms with van der Waals surface area (Å²) in [6, 6.07) is 0. The first-order valence-corrected chi connectivity index (χ1v) is 14.7. The average Bonchev–Trinajstić information content (AvgIpc) is 2.62. The third kappa shape index (κ3) is 3.54. The second kappa shape index (κ2) is 7.79. The molecule has 3 heteroatoms. The molecule has 0 saturated carbocycles. The van der Waals surface area contributed by atoms with Gasteiger partial charge in [-0.05, 0) is 97.8 Å². The van der Waals surface area contributed by atoms with E-state index >= 15 is 0 Å². The minimum atomic E-state index is -0.600. The molecule has 0 aromatic heterocycles. The van der Waals surface area contributed by atoms with Crippen LogP contribution in [0.2, 0.25) is 0 Å². The number of hydrogen-bond donors (Lipinski definition) is 0. The van der Waals surface area contributed by atoms with Crippen LogP contribution in [0.3, 0.4) is 0 Å². The molecule has 2 unspecified atom stereocenters. The lowest BCUT2D eigenvalue weighted by molar-refractivity contribution is -0.410. The molecule has 2 saturated heterocycles. The van der Waals surface area contributed by atoms with E-state index in [0.717, 1.165) is 0 Å². The van der Waals surface area contributed by atoms with Crippen LogP contribution < -0.4 is 0 Å². The molecule has 0 aliphatic carbocycles. The molecule has 2 aliphatic heterocycles. The van der Waals surface area contributed by atoms with Crippen LogP contribution in [0.4, 0.5) is 0 Å². The molecular weight excluding hydrogens is 456 g/mol. The van der Waals surface area contributed by atoms with E-state index in [4.69, 9.17) is 14.2 Å². The van der Waals surface area contributed by atoms with E-state index in [1.54, 1.807) is 0 Å². The molecule has 0 spiro atoms. The van der Waals surface area contributed by atoms with Gasteiger partial charge in [0, 0.05) is 10.8 Å². The van der Waals surface area contributed by atoms with Crippen molar-refractivity contribution in [3.63, 3.8) is 0 Å². The van der Waals surface area contributed by atoms with E-state index in [9.17, 15) is 0 Å². The lowest BCUT2D eigenvalue weighted by atomic mass is 9.40. The zero-order chi connectivity index (χ0) is 30.1. The van der Waals surface area contributed by atoms with Crippen LogP contribution in [-0.2, 0) is 14.2 Å². The van der Waals surface area contributed by atoms with E-state index in [1.165, 1.54) is 0 Å². The molecule has 37 heavy (non-hydrogen) atoms. The number of rotatable bonds is 4. The first-order chi connectivity index (χ1) is 15.6. The van der Waals surface area contributed by atoms with Gasteiger partial charge in [0.2, 0.25) is 0 Å². The predicted octanol–water partition coefficient (Wildman–Crippen LogP) is 9.85. The zero-order valence-electron chi connectivity index (χ0n) is 29.2. The third-order valence-electron chi connectivity index (χ3n) is 15.2. The molecule has 2 rings (SSSR count). The Balaban J connectivity index is 2.75. The average molecular weight is 523 g/mol. The summed E-state index contributed by atoms with van der Waals surface area (Å²) in [5.41, 5.74) is -3.56. The fourth-order valence-corrected chi connectivity index (χ4v) is 9.08. The Kier molecular flexibility index (Phi) is 6.96. The fourth-order valence-electron chi connectivity index (χ4n) is 9.08. The van der Waals surface area contributed by atoms with Crippen molar-refractivity contribution in [3.05, 3.63) is 0 Å². The number of ether oxygens (including phenoxy) is 3. The molecule has 2 fully saturated rings. The normalized spacial score (nSPS) is 37.1. The molecule has 2 aliphatic rings. The molecule has 0 bridgehead atoms. The maximum Gasteiger partial charge on any atom is 0.100 e. The first kappa shape index (κ1) is 33.1. The Morgan fingerprint density at radius 3 is 1.14 bits per heavy atom. The quantitative estimate of drug-likeness (QED) is 0.368. The summed E-state index contributed by atoms with van der Waals surface area (Å²) in [4.78, 5) is 0. The second-order valence-electron chi connectivity index (χ2n) is 18.1. The van der Waals surface area contributed by atoms with Crippen molar-refractivity contribution >= 4 is 0 Å². The maximum atomic E-state index is 7.53. The number of hydrogen-bond acceptors (Lipinski definition) is 3. The van der Waals surface area contributed by atoms with E-state index in [2.05, 4.69) is 152 Å². The van der Waals surface area contributed by atoms with Gasteiger partial charge in [0.1, 0.15) is 5.60 Å². The highest BCUT2D eigenvalue weighted by Crippen LogP contribution is 2.72. The van der Waals surface area contributed by atoms with E-state index in [1.807, 2.05) is 0 Å². The van der Waals surface area contributed by atoms with E-state index in [-0.39, 0.29) is 43.7 Å². The molecular formula is C34H66O3. The van der Waals surface area contributed by atoms with Gasteiger partial charge in [0.15, 0.2) is 0 Å². The summed E-state index contributed by atoms with van der Waals surface area (Å²) in [5.74, 6) is 0. The van der Waals surface area contributed by atoms with Gasteiger partial charge in [0.25, 0.3) is 0 Å². The zero-order valence-corrected chi connectivity index (χ0v) is 29.2. The van der Waals surface area contributed by atoms with Crippen molar-refractivity contribution in [2.45, 2.75) is 186 Å². The van der Waals surface area contributed by atoms with E-state index < -0.39 is 22.4 Å². The van der Waals surface area contributed by atoms with Gasteiger partial charge in [-0.1, -0.05) is 76.2 Å². The van der Waals surface area contributed by atoms with Gasteiger partial charge in [0.05, 0.1) is 28.0 Å².